The number of thioether (sulfide) groups is 1. The highest BCUT2D eigenvalue weighted by molar-refractivity contribution is 7.99. The minimum Gasteiger partial charge on any atom is -0.326 e. The molecule has 0 saturated heterocycles. The van der Waals surface area contributed by atoms with E-state index in [4.69, 9.17) is 0 Å². The summed E-state index contributed by atoms with van der Waals surface area (Å²) in [5.41, 5.74) is 0.942. The van der Waals surface area contributed by atoms with Gasteiger partial charge in [-0.25, -0.2) is 4.98 Å². The van der Waals surface area contributed by atoms with Crippen LogP contribution in [0.15, 0.2) is 47.9 Å². The molecule has 0 unspecified atom stereocenters. The summed E-state index contributed by atoms with van der Waals surface area (Å²) < 4.78 is 2.04. The first kappa shape index (κ1) is 15.6. The molecule has 0 radical (unpaired) electrons. The normalized spacial score (nSPS) is 10.9. The molecule has 0 saturated carbocycles. The summed E-state index contributed by atoms with van der Waals surface area (Å²) >= 11 is 1.49. The maximum absolute atomic E-state index is 12.5. The Morgan fingerprint density at radius 3 is 2.67 bits per heavy atom. The van der Waals surface area contributed by atoms with Crippen LogP contribution in [0.1, 0.15) is 20.8 Å². The first-order valence-corrected chi connectivity index (χ1v) is 8.13. The van der Waals surface area contributed by atoms with Gasteiger partial charge in [0.1, 0.15) is 0 Å². The Morgan fingerprint density at radius 1 is 1.33 bits per heavy atom. The lowest BCUT2D eigenvalue weighted by Crippen LogP contribution is -2.38. The van der Waals surface area contributed by atoms with E-state index in [0.717, 1.165) is 17.4 Å². The summed E-state index contributed by atoms with van der Waals surface area (Å²) in [6, 6.07) is 9.93. The molecule has 0 spiro atoms. The molecule has 1 aromatic heterocycles. The van der Waals surface area contributed by atoms with E-state index in [-0.39, 0.29) is 11.9 Å². The molecule has 0 aliphatic heterocycles. The van der Waals surface area contributed by atoms with Gasteiger partial charge in [-0.15, -0.1) is 0 Å². The standard InChI is InChI=1S/C16H21N3OS/c1-4-18-11-10-17-16(18)21-12-15(20)19(13(2)3)14-8-6-5-7-9-14/h5-11,13H,4,12H2,1-3H3. The third-order valence-electron chi connectivity index (χ3n) is 3.16. The van der Waals surface area contributed by atoms with Crippen molar-refractivity contribution in [3.63, 3.8) is 0 Å². The van der Waals surface area contributed by atoms with Gasteiger partial charge < -0.3 is 9.47 Å². The van der Waals surface area contributed by atoms with Gasteiger partial charge in [-0.1, -0.05) is 30.0 Å². The molecule has 5 heteroatoms. The molecule has 0 aliphatic rings. The van der Waals surface area contributed by atoms with Crippen LogP contribution in [-0.2, 0) is 11.3 Å². The summed E-state index contributed by atoms with van der Waals surface area (Å²) in [5, 5.41) is 0.891. The lowest BCUT2D eigenvalue weighted by atomic mass is 10.2. The fourth-order valence-corrected chi connectivity index (χ4v) is 3.07. The average molecular weight is 303 g/mol. The van der Waals surface area contributed by atoms with Crippen LogP contribution in [0.5, 0.6) is 0 Å². The number of imidazole rings is 1. The van der Waals surface area contributed by atoms with E-state index < -0.39 is 0 Å². The molecule has 21 heavy (non-hydrogen) atoms. The second-order valence-corrected chi connectivity index (χ2v) is 5.92. The van der Waals surface area contributed by atoms with Gasteiger partial charge in [0.15, 0.2) is 5.16 Å². The number of nitrogens with zero attached hydrogens (tertiary/aromatic N) is 3. The molecule has 0 bridgehead atoms. The molecule has 0 aliphatic carbocycles. The topological polar surface area (TPSA) is 38.1 Å². The summed E-state index contributed by atoms with van der Waals surface area (Å²) in [7, 11) is 0. The molecule has 1 aromatic carbocycles. The highest BCUT2D eigenvalue weighted by Crippen LogP contribution is 2.21. The molecule has 2 rings (SSSR count). The average Bonchev–Trinajstić information content (AvgIpc) is 2.93. The number of hydrogen-bond donors (Lipinski definition) is 0. The van der Waals surface area contributed by atoms with E-state index in [1.54, 1.807) is 6.20 Å². The second kappa shape index (κ2) is 7.31. The van der Waals surface area contributed by atoms with Crippen molar-refractivity contribution in [3.05, 3.63) is 42.7 Å². The van der Waals surface area contributed by atoms with E-state index >= 15 is 0 Å². The minimum absolute atomic E-state index is 0.104. The Balaban J connectivity index is 2.06. The maximum Gasteiger partial charge on any atom is 0.237 e. The van der Waals surface area contributed by atoms with Gasteiger partial charge >= 0.3 is 0 Å². The van der Waals surface area contributed by atoms with Crippen LogP contribution in [0.4, 0.5) is 5.69 Å². The van der Waals surface area contributed by atoms with Gasteiger partial charge in [-0.3, -0.25) is 4.79 Å². The van der Waals surface area contributed by atoms with Gasteiger partial charge in [-0.2, -0.15) is 0 Å². The first-order chi connectivity index (χ1) is 10.1. The van der Waals surface area contributed by atoms with Gasteiger partial charge in [0, 0.05) is 30.7 Å². The van der Waals surface area contributed by atoms with Gasteiger partial charge in [-0.05, 0) is 32.9 Å². The first-order valence-electron chi connectivity index (χ1n) is 7.14. The number of carbonyl (C=O) groups is 1. The maximum atomic E-state index is 12.5. The molecular formula is C16H21N3OS. The van der Waals surface area contributed by atoms with Gasteiger partial charge in [0.05, 0.1) is 5.75 Å². The quantitative estimate of drug-likeness (QED) is 0.767. The van der Waals surface area contributed by atoms with Crippen molar-refractivity contribution in [2.75, 3.05) is 10.7 Å². The van der Waals surface area contributed by atoms with Crippen molar-refractivity contribution >= 4 is 23.4 Å². The summed E-state index contributed by atoms with van der Waals surface area (Å²) in [6.45, 7) is 6.99. The van der Waals surface area contributed by atoms with Crippen molar-refractivity contribution < 1.29 is 4.79 Å². The fraction of sp³-hybridized carbons (Fsp3) is 0.375. The van der Waals surface area contributed by atoms with Crippen molar-refractivity contribution in [2.24, 2.45) is 0 Å². The van der Waals surface area contributed by atoms with Crippen LogP contribution in [0, 0.1) is 0 Å². The predicted molar refractivity (Wildman–Crippen MR) is 87.7 cm³/mol. The summed E-state index contributed by atoms with van der Waals surface area (Å²) in [5.74, 6) is 0.497. The van der Waals surface area contributed by atoms with Crippen molar-refractivity contribution in [1.82, 2.24) is 9.55 Å². The molecule has 4 nitrogen and oxygen atoms in total. The molecule has 0 N–H and O–H groups in total. The second-order valence-electron chi connectivity index (χ2n) is 4.98. The number of hydrogen-bond acceptors (Lipinski definition) is 3. The number of aryl methyl sites for hydroxylation is 1. The van der Waals surface area contributed by atoms with E-state index in [0.29, 0.717) is 5.75 Å². The zero-order valence-corrected chi connectivity index (χ0v) is 13.5. The van der Waals surface area contributed by atoms with E-state index in [1.165, 1.54) is 11.8 Å². The summed E-state index contributed by atoms with van der Waals surface area (Å²) in [6.07, 6.45) is 3.71. The zero-order chi connectivity index (χ0) is 15.2. The van der Waals surface area contributed by atoms with Crippen LogP contribution in [0.25, 0.3) is 0 Å². The minimum atomic E-state index is 0.104. The van der Waals surface area contributed by atoms with Gasteiger partial charge in [0.2, 0.25) is 5.91 Å². The number of anilines is 1. The Kier molecular flexibility index (Phi) is 5.44. The number of rotatable bonds is 6. The van der Waals surface area contributed by atoms with Gasteiger partial charge in [0.25, 0.3) is 0 Å². The highest BCUT2D eigenvalue weighted by atomic mass is 32.2. The molecule has 0 atom stereocenters. The molecule has 0 fully saturated rings. The smallest absolute Gasteiger partial charge is 0.237 e. The van der Waals surface area contributed by atoms with Crippen molar-refractivity contribution in [2.45, 2.75) is 38.5 Å². The van der Waals surface area contributed by atoms with Crippen LogP contribution >= 0.6 is 11.8 Å². The Labute approximate surface area is 130 Å². The number of aromatic nitrogens is 2. The Hall–Kier alpha value is -1.75. The Morgan fingerprint density at radius 2 is 2.05 bits per heavy atom. The van der Waals surface area contributed by atoms with E-state index in [1.807, 2.05) is 59.8 Å². The fourth-order valence-electron chi connectivity index (χ4n) is 2.19. The number of amides is 1. The number of carbonyl (C=O) groups excluding carboxylic acids is 1. The monoisotopic (exact) mass is 303 g/mol. The van der Waals surface area contributed by atoms with Crippen LogP contribution in [0.3, 0.4) is 0 Å². The molecule has 1 heterocycles. The lowest BCUT2D eigenvalue weighted by molar-refractivity contribution is -0.116. The number of benzene rings is 1. The summed E-state index contributed by atoms with van der Waals surface area (Å²) in [4.78, 5) is 18.7. The Bertz CT molecular complexity index is 580. The molecule has 112 valence electrons. The van der Waals surface area contributed by atoms with Crippen LogP contribution in [-0.4, -0.2) is 27.3 Å². The van der Waals surface area contributed by atoms with Crippen molar-refractivity contribution in [3.8, 4) is 0 Å². The van der Waals surface area contributed by atoms with Crippen molar-refractivity contribution in [1.29, 1.82) is 0 Å². The van der Waals surface area contributed by atoms with Crippen LogP contribution in [0.2, 0.25) is 0 Å². The third kappa shape index (κ3) is 3.88. The largest absolute Gasteiger partial charge is 0.326 e. The third-order valence-corrected chi connectivity index (χ3v) is 4.15. The highest BCUT2D eigenvalue weighted by Gasteiger charge is 2.19. The van der Waals surface area contributed by atoms with E-state index in [9.17, 15) is 4.79 Å². The lowest BCUT2D eigenvalue weighted by Gasteiger charge is -2.26. The molecular weight excluding hydrogens is 282 g/mol. The molecule has 2 aromatic rings. The number of para-hydroxylation sites is 1. The predicted octanol–water partition coefficient (Wildman–Crippen LogP) is 3.44. The van der Waals surface area contributed by atoms with E-state index in [2.05, 4.69) is 11.9 Å². The molecule has 1 amide bonds. The SMILES string of the molecule is CCn1ccnc1SCC(=O)N(c1ccccc1)C(C)C. The van der Waals surface area contributed by atoms with Crippen LogP contribution < -0.4 is 4.90 Å². The zero-order valence-electron chi connectivity index (χ0n) is 12.7.